The Morgan fingerprint density at radius 3 is 2.06 bits per heavy atom. The zero-order valence-electron chi connectivity index (χ0n) is 8.99. The number of carbonyl (C=O) groups excluding carboxylic acids is 1. The predicted octanol–water partition coefficient (Wildman–Crippen LogP) is -4.11. The topological polar surface area (TPSA) is 26.3 Å². The first-order valence-electron chi connectivity index (χ1n) is 4.78. The Balaban J connectivity index is 2.78. The fraction of sp³-hybridized carbons (Fsp3) is 0.222. The van der Waals surface area contributed by atoms with Crippen LogP contribution >= 0.6 is 0 Å². The third kappa shape index (κ3) is 1.69. The van der Waals surface area contributed by atoms with Gasteiger partial charge in [-0.2, -0.15) is 0 Å². The molecular weight excluding hydrogens is 205 g/mol. The number of Topliss-reactive ketones (excluding diaryl/α,β-unsaturated/α-hetero) is 1. The molecule has 2 rings (SSSR count). The molecule has 2 nitrogen and oxygen atoms in total. The van der Waals surface area contributed by atoms with Gasteiger partial charge >= 0.3 is 0 Å². The summed E-state index contributed by atoms with van der Waals surface area (Å²) < 4.78 is 5.25. The van der Waals surface area contributed by atoms with Gasteiger partial charge in [-0.05, 0) is 5.21 Å². The fourth-order valence-electron chi connectivity index (χ4n) is 1.67. The molecule has 0 aliphatic carbocycles. The van der Waals surface area contributed by atoms with Crippen LogP contribution in [0, 0.1) is 0 Å². The van der Waals surface area contributed by atoms with Crippen LogP contribution in [-0.2, 0) is 0 Å². The summed E-state index contributed by atoms with van der Waals surface area (Å²) in [7, 11) is 33.8. The van der Waals surface area contributed by atoms with Crippen LogP contribution in [-0.4, -0.2) is 59.5 Å². The number of ether oxygens (including phenoxy) is 1. The minimum atomic E-state index is -1.64. The second kappa shape index (κ2) is 3.79. The van der Waals surface area contributed by atoms with Gasteiger partial charge in [-0.3, -0.25) is 4.79 Å². The van der Waals surface area contributed by atoms with Gasteiger partial charge < -0.3 is 4.74 Å². The van der Waals surface area contributed by atoms with Crippen LogP contribution in [0.3, 0.4) is 0 Å². The fourth-order valence-corrected chi connectivity index (χ4v) is 1.67. The first kappa shape index (κ1) is 12.5. The second-order valence-electron chi connectivity index (χ2n) is 4.02. The predicted molar refractivity (Wildman–Crippen MR) is 72.0 cm³/mol. The SMILES string of the molecule is [B]c1c([B])c([B])c2c(c1[B])OCC([B])([B])C2=O. The van der Waals surface area contributed by atoms with Crippen molar-refractivity contribution in [3.8, 4) is 5.75 Å². The summed E-state index contributed by atoms with van der Waals surface area (Å²) in [6, 6.07) is 0. The van der Waals surface area contributed by atoms with Crippen molar-refractivity contribution in [3.05, 3.63) is 5.56 Å². The van der Waals surface area contributed by atoms with Gasteiger partial charge in [-0.25, -0.2) is 0 Å². The minimum absolute atomic E-state index is 0.00884. The van der Waals surface area contributed by atoms with Gasteiger partial charge in [0, 0.05) is 0 Å². The third-order valence-corrected chi connectivity index (χ3v) is 2.72. The van der Waals surface area contributed by atoms with E-state index in [4.69, 9.17) is 51.8 Å². The van der Waals surface area contributed by atoms with E-state index in [0.717, 1.165) is 0 Å². The largest absolute Gasteiger partial charge is 0.494 e. The van der Waals surface area contributed by atoms with Crippen LogP contribution in [0.25, 0.3) is 0 Å². The quantitative estimate of drug-likeness (QED) is 0.404. The normalized spacial score (nSPS) is 17.3. The monoisotopic (exact) mass is 208 g/mol. The molecule has 0 spiro atoms. The molecule has 12 radical (unpaired) electrons. The number of ketones is 1. The first-order valence-corrected chi connectivity index (χ1v) is 4.78. The maximum absolute atomic E-state index is 12.0. The average Bonchev–Trinajstić information content (AvgIpc) is 2.27. The molecule has 1 aromatic rings. The maximum atomic E-state index is 12.0. The summed E-state index contributed by atoms with van der Waals surface area (Å²) in [5.41, 5.74) is 0.143. The Kier molecular flexibility index (Phi) is 2.80. The van der Waals surface area contributed by atoms with Gasteiger partial charge in [0.25, 0.3) is 0 Å². The van der Waals surface area contributed by atoms with Crippen LogP contribution in [0.15, 0.2) is 0 Å². The van der Waals surface area contributed by atoms with E-state index >= 15 is 0 Å². The van der Waals surface area contributed by atoms with Crippen molar-refractivity contribution in [2.45, 2.75) is 5.21 Å². The molecule has 68 valence electrons. The van der Waals surface area contributed by atoms with Gasteiger partial charge in [0.15, 0.2) is 5.78 Å². The molecule has 0 N–H and O–H groups in total. The Morgan fingerprint density at radius 1 is 0.941 bits per heavy atom. The van der Waals surface area contributed by atoms with Crippen LogP contribution < -0.4 is 26.6 Å². The van der Waals surface area contributed by atoms with Crippen molar-refractivity contribution in [2.75, 3.05) is 6.61 Å². The molecule has 1 heterocycles. The average molecular weight is 207 g/mol. The van der Waals surface area contributed by atoms with Gasteiger partial charge in [0.1, 0.15) is 37.1 Å². The van der Waals surface area contributed by atoms with Crippen LogP contribution in [0.2, 0.25) is 5.21 Å². The molecule has 1 aromatic carbocycles. The number of rotatable bonds is 0. The summed E-state index contributed by atoms with van der Waals surface area (Å²) >= 11 is 0. The van der Waals surface area contributed by atoms with E-state index < -0.39 is 11.0 Å². The summed E-state index contributed by atoms with van der Waals surface area (Å²) in [6.07, 6.45) is 0. The zero-order chi connectivity index (χ0) is 13.0. The Morgan fingerprint density at radius 2 is 1.47 bits per heavy atom. The summed E-state index contributed by atoms with van der Waals surface area (Å²) in [5.74, 6) is -0.486. The van der Waals surface area contributed by atoms with Crippen molar-refractivity contribution in [3.63, 3.8) is 0 Å². The van der Waals surface area contributed by atoms with Gasteiger partial charge in [-0.1, -0.05) is 10.9 Å². The number of hydrogen-bond acceptors (Lipinski definition) is 2. The lowest BCUT2D eigenvalue weighted by molar-refractivity contribution is 0.0913. The van der Waals surface area contributed by atoms with E-state index in [2.05, 4.69) is 0 Å². The third-order valence-electron chi connectivity index (χ3n) is 2.72. The van der Waals surface area contributed by atoms with Crippen molar-refractivity contribution >= 4 is 74.7 Å². The van der Waals surface area contributed by atoms with Crippen molar-refractivity contribution in [1.82, 2.24) is 0 Å². The zero-order valence-corrected chi connectivity index (χ0v) is 8.99. The Bertz CT molecular complexity index is 525. The van der Waals surface area contributed by atoms with E-state index in [9.17, 15) is 4.79 Å². The van der Waals surface area contributed by atoms with Gasteiger partial charge in [-0.15, -0.1) is 10.9 Å². The van der Waals surface area contributed by atoms with Gasteiger partial charge in [0.2, 0.25) is 0 Å². The maximum Gasteiger partial charge on any atom is 0.158 e. The van der Waals surface area contributed by atoms with Crippen molar-refractivity contribution in [2.24, 2.45) is 0 Å². The lowest BCUT2D eigenvalue weighted by atomic mass is 9.49. The van der Waals surface area contributed by atoms with E-state index in [0.29, 0.717) is 0 Å². The smallest absolute Gasteiger partial charge is 0.158 e. The van der Waals surface area contributed by atoms with E-state index in [1.165, 1.54) is 0 Å². The highest BCUT2D eigenvalue weighted by atomic mass is 16.5. The number of fused-ring (bicyclic) bond motifs is 1. The molecule has 0 aromatic heterocycles. The number of hydrogen-bond donors (Lipinski definition) is 0. The second-order valence-corrected chi connectivity index (χ2v) is 4.02. The molecule has 0 saturated heterocycles. The first-order chi connectivity index (χ1) is 7.77. The molecule has 8 heteroatoms. The highest BCUT2D eigenvalue weighted by molar-refractivity contribution is 6.66. The van der Waals surface area contributed by atoms with E-state index in [-0.39, 0.29) is 39.8 Å². The standard InChI is InChI=1S/C9H2B6O2/c10-3-2-7(6(13)5(12)4(3)11)17-1-9(14,15)8(2)16/h1H2. The van der Waals surface area contributed by atoms with Crippen molar-refractivity contribution in [1.29, 1.82) is 0 Å². The molecule has 0 bridgehead atoms. The summed E-state index contributed by atoms with van der Waals surface area (Å²) in [5, 5.41) is -1.64. The molecule has 0 atom stereocenters. The molecule has 0 unspecified atom stereocenters. The Hall–Kier alpha value is -0.920. The molecule has 17 heavy (non-hydrogen) atoms. The molecule has 0 saturated carbocycles. The van der Waals surface area contributed by atoms with E-state index in [1.807, 2.05) is 0 Å². The highest BCUT2D eigenvalue weighted by Crippen LogP contribution is 2.31. The molecule has 0 amide bonds. The molecular formula is C9H2B6O2. The summed E-state index contributed by atoms with van der Waals surface area (Å²) in [4.78, 5) is 12.0. The van der Waals surface area contributed by atoms with Crippen LogP contribution in [0.5, 0.6) is 5.75 Å². The van der Waals surface area contributed by atoms with Crippen molar-refractivity contribution < 1.29 is 9.53 Å². The molecule has 0 fully saturated rings. The Labute approximate surface area is 108 Å². The highest BCUT2D eigenvalue weighted by Gasteiger charge is 2.36. The lowest BCUT2D eigenvalue weighted by Crippen LogP contribution is -2.53. The molecule has 1 aliphatic heterocycles. The van der Waals surface area contributed by atoms with E-state index in [1.54, 1.807) is 0 Å². The van der Waals surface area contributed by atoms with Crippen LogP contribution in [0.1, 0.15) is 10.4 Å². The minimum Gasteiger partial charge on any atom is -0.494 e. The van der Waals surface area contributed by atoms with Crippen LogP contribution in [0.4, 0.5) is 0 Å². The summed E-state index contributed by atoms with van der Waals surface area (Å²) in [6.45, 7) is -0.203. The number of benzene rings is 1. The molecule has 1 aliphatic rings. The van der Waals surface area contributed by atoms with Gasteiger partial charge in [0.05, 0.1) is 27.9 Å². The lowest BCUT2D eigenvalue weighted by Gasteiger charge is -2.34. The number of carbonyl (C=O) groups is 1.